The highest BCUT2D eigenvalue weighted by atomic mass is 35.5. The number of nitrogens with one attached hydrogen (secondary N) is 1. The molecule has 1 N–H and O–H groups in total. The lowest BCUT2D eigenvalue weighted by molar-refractivity contribution is 0.415. The van der Waals surface area contributed by atoms with Gasteiger partial charge in [-0.15, -0.1) is 0 Å². The van der Waals surface area contributed by atoms with Crippen molar-refractivity contribution in [3.63, 3.8) is 0 Å². The van der Waals surface area contributed by atoms with Gasteiger partial charge in [-0.25, -0.2) is 4.98 Å². The van der Waals surface area contributed by atoms with Gasteiger partial charge >= 0.3 is 0 Å². The van der Waals surface area contributed by atoms with Crippen molar-refractivity contribution >= 4 is 17.5 Å². The van der Waals surface area contributed by atoms with E-state index in [-0.39, 0.29) is 0 Å². The highest BCUT2D eigenvalue weighted by molar-refractivity contribution is 6.32. The fraction of sp³-hybridized carbons (Fsp3) is 0.400. The largest absolute Gasteiger partial charge is 0.495 e. The first-order chi connectivity index (χ1) is 9.65. The van der Waals surface area contributed by atoms with Crippen LogP contribution in [-0.4, -0.2) is 23.2 Å². The smallest absolute Gasteiger partial charge is 0.207 e. The Labute approximate surface area is 124 Å². The molecule has 0 atom stereocenters. The molecule has 0 amide bonds. The van der Waals surface area contributed by atoms with E-state index in [4.69, 9.17) is 16.3 Å². The monoisotopic (exact) mass is 293 g/mol. The van der Waals surface area contributed by atoms with Gasteiger partial charge in [0.25, 0.3) is 0 Å². The zero-order chi connectivity index (χ0) is 14.5. The lowest BCUT2D eigenvalue weighted by atomic mass is 10.3. The molecule has 108 valence electrons. The van der Waals surface area contributed by atoms with Crippen molar-refractivity contribution in [1.29, 1.82) is 0 Å². The first-order valence-electron chi connectivity index (χ1n) is 6.79. The van der Waals surface area contributed by atoms with Crippen molar-refractivity contribution in [3.05, 3.63) is 35.1 Å². The summed E-state index contributed by atoms with van der Waals surface area (Å²) in [6.07, 6.45) is 4.27. The maximum absolute atomic E-state index is 6.19. The molecule has 0 unspecified atom stereocenters. The molecule has 0 bridgehead atoms. The van der Waals surface area contributed by atoms with Gasteiger partial charge in [0.15, 0.2) is 0 Å². The molecule has 0 saturated carbocycles. The Balaban J connectivity index is 2.29. The van der Waals surface area contributed by atoms with Crippen molar-refractivity contribution in [2.45, 2.75) is 26.7 Å². The van der Waals surface area contributed by atoms with Crippen LogP contribution in [-0.2, 0) is 0 Å². The lowest BCUT2D eigenvalue weighted by Gasteiger charge is -2.11. The molecule has 0 fully saturated rings. The zero-order valence-corrected chi connectivity index (χ0v) is 12.9. The number of aromatic nitrogens is 2. The number of nitrogens with zero attached hydrogens (tertiary/aromatic N) is 2. The van der Waals surface area contributed by atoms with E-state index < -0.39 is 0 Å². The molecule has 2 rings (SSSR count). The third-order valence-corrected chi connectivity index (χ3v) is 3.35. The number of unbranched alkanes of at least 4 members (excludes halogenated alkanes) is 1. The van der Waals surface area contributed by atoms with E-state index in [1.165, 1.54) is 0 Å². The number of ether oxygens (including phenoxy) is 1. The van der Waals surface area contributed by atoms with Crippen LogP contribution in [0.4, 0.5) is 5.95 Å². The summed E-state index contributed by atoms with van der Waals surface area (Å²) in [4.78, 5) is 4.51. The summed E-state index contributed by atoms with van der Waals surface area (Å²) in [6.45, 7) is 5.06. The molecular formula is C15H20ClN3O. The van der Waals surface area contributed by atoms with Crippen LogP contribution in [0.5, 0.6) is 5.75 Å². The van der Waals surface area contributed by atoms with Crippen LogP contribution in [0, 0.1) is 6.92 Å². The van der Waals surface area contributed by atoms with Crippen molar-refractivity contribution < 1.29 is 4.74 Å². The molecule has 0 aliphatic carbocycles. The number of benzene rings is 1. The fourth-order valence-corrected chi connectivity index (χ4v) is 2.25. The van der Waals surface area contributed by atoms with Gasteiger partial charge in [0.05, 0.1) is 23.5 Å². The summed E-state index contributed by atoms with van der Waals surface area (Å²) in [7, 11) is 1.61. The van der Waals surface area contributed by atoms with Gasteiger partial charge in [-0.2, -0.15) is 0 Å². The molecular weight excluding hydrogens is 274 g/mol. The normalized spacial score (nSPS) is 10.6. The summed E-state index contributed by atoms with van der Waals surface area (Å²) in [5.41, 5.74) is 1.94. The Kier molecular flexibility index (Phi) is 4.90. The van der Waals surface area contributed by atoms with Crippen LogP contribution < -0.4 is 10.1 Å². The number of hydrogen-bond acceptors (Lipinski definition) is 3. The molecule has 4 nitrogen and oxygen atoms in total. The van der Waals surface area contributed by atoms with Crippen LogP contribution >= 0.6 is 11.6 Å². The molecule has 0 aliphatic rings. The van der Waals surface area contributed by atoms with Crippen LogP contribution in [0.1, 0.15) is 25.5 Å². The maximum atomic E-state index is 6.19. The standard InChI is InChI=1S/C15H20ClN3O/c1-4-5-8-17-15-18-11(2)10-19(15)12-6-7-14(20-3)13(16)9-12/h6-7,9-10H,4-5,8H2,1-3H3,(H,17,18). The predicted molar refractivity (Wildman–Crippen MR) is 83.3 cm³/mol. The first-order valence-corrected chi connectivity index (χ1v) is 7.17. The highest BCUT2D eigenvalue weighted by Gasteiger charge is 2.09. The minimum atomic E-state index is 0.593. The summed E-state index contributed by atoms with van der Waals surface area (Å²) >= 11 is 6.19. The van der Waals surface area contributed by atoms with Crippen LogP contribution in [0.25, 0.3) is 5.69 Å². The third-order valence-electron chi connectivity index (χ3n) is 3.05. The van der Waals surface area contributed by atoms with Crippen LogP contribution in [0.2, 0.25) is 5.02 Å². The molecule has 0 spiro atoms. The van der Waals surface area contributed by atoms with E-state index in [1.807, 2.05) is 35.9 Å². The number of hydrogen-bond donors (Lipinski definition) is 1. The van der Waals surface area contributed by atoms with Gasteiger partial charge in [0.2, 0.25) is 5.95 Å². The minimum absolute atomic E-state index is 0.593. The third kappa shape index (κ3) is 3.25. The van der Waals surface area contributed by atoms with Gasteiger partial charge in [0, 0.05) is 12.7 Å². The number of anilines is 1. The van der Waals surface area contributed by atoms with E-state index in [2.05, 4.69) is 17.2 Å². The number of halogens is 1. The van der Waals surface area contributed by atoms with Gasteiger partial charge in [0.1, 0.15) is 5.75 Å². The van der Waals surface area contributed by atoms with Crippen molar-refractivity contribution in [2.75, 3.05) is 19.0 Å². The zero-order valence-electron chi connectivity index (χ0n) is 12.1. The Morgan fingerprint density at radius 2 is 2.20 bits per heavy atom. The maximum Gasteiger partial charge on any atom is 0.207 e. The highest BCUT2D eigenvalue weighted by Crippen LogP contribution is 2.28. The van der Waals surface area contributed by atoms with E-state index in [0.717, 1.165) is 36.7 Å². The quantitative estimate of drug-likeness (QED) is 0.817. The molecule has 0 radical (unpaired) electrons. The van der Waals surface area contributed by atoms with Crippen molar-refractivity contribution in [2.24, 2.45) is 0 Å². The summed E-state index contributed by atoms with van der Waals surface area (Å²) < 4.78 is 7.19. The second-order valence-corrected chi connectivity index (χ2v) is 5.08. The topological polar surface area (TPSA) is 39.1 Å². The summed E-state index contributed by atoms with van der Waals surface area (Å²) in [5.74, 6) is 1.52. The minimum Gasteiger partial charge on any atom is -0.495 e. The Morgan fingerprint density at radius 1 is 1.40 bits per heavy atom. The lowest BCUT2D eigenvalue weighted by Crippen LogP contribution is -2.07. The van der Waals surface area contributed by atoms with Crippen molar-refractivity contribution in [3.8, 4) is 11.4 Å². The van der Waals surface area contributed by atoms with E-state index >= 15 is 0 Å². The SMILES string of the molecule is CCCCNc1nc(C)cn1-c1ccc(OC)c(Cl)c1. The Morgan fingerprint density at radius 3 is 2.85 bits per heavy atom. The van der Waals surface area contributed by atoms with Gasteiger partial charge in [-0.1, -0.05) is 24.9 Å². The first kappa shape index (κ1) is 14.7. The average Bonchev–Trinajstić information content (AvgIpc) is 2.80. The van der Waals surface area contributed by atoms with Gasteiger partial charge < -0.3 is 10.1 Å². The van der Waals surface area contributed by atoms with Gasteiger partial charge in [-0.3, -0.25) is 4.57 Å². The van der Waals surface area contributed by atoms with E-state index in [1.54, 1.807) is 7.11 Å². The summed E-state index contributed by atoms with van der Waals surface area (Å²) in [5, 5.41) is 3.95. The van der Waals surface area contributed by atoms with Crippen LogP contribution in [0.3, 0.4) is 0 Å². The Bertz CT molecular complexity index is 580. The molecule has 1 aromatic heterocycles. The number of imidazole rings is 1. The van der Waals surface area contributed by atoms with E-state index in [9.17, 15) is 0 Å². The molecule has 0 saturated heterocycles. The van der Waals surface area contributed by atoms with E-state index in [0.29, 0.717) is 10.8 Å². The number of aryl methyl sites for hydroxylation is 1. The predicted octanol–water partition coefficient (Wildman–Crippen LogP) is 4.05. The molecule has 2 aromatic rings. The number of rotatable bonds is 6. The fourth-order valence-electron chi connectivity index (χ4n) is 2.00. The molecule has 20 heavy (non-hydrogen) atoms. The second kappa shape index (κ2) is 6.66. The average molecular weight is 294 g/mol. The van der Waals surface area contributed by atoms with Crippen molar-refractivity contribution in [1.82, 2.24) is 9.55 Å². The molecule has 1 heterocycles. The second-order valence-electron chi connectivity index (χ2n) is 4.68. The molecule has 0 aliphatic heterocycles. The number of methoxy groups -OCH3 is 1. The Hall–Kier alpha value is -1.68. The summed E-state index contributed by atoms with van der Waals surface area (Å²) in [6, 6.07) is 5.71. The molecule has 5 heteroatoms. The molecule has 1 aromatic carbocycles. The van der Waals surface area contributed by atoms with Gasteiger partial charge in [-0.05, 0) is 31.5 Å². The van der Waals surface area contributed by atoms with Crippen LogP contribution in [0.15, 0.2) is 24.4 Å².